The summed E-state index contributed by atoms with van der Waals surface area (Å²) in [4.78, 5) is 26.4. The maximum absolute atomic E-state index is 12.5. The molecule has 0 aromatic heterocycles. The summed E-state index contributed by atoms with van der Waals surface area (Å²) < 4.78 is 10.7. The average Bonchev–Trinajstić information content (AvgIpc) is 2.72. The van der Waals surface area contributed by atoms with Crippen molar-refractivity contribution >= 4 is 11.8 Å². The van der Waals surface area contributed by atoms with Crippen LogP contribution in [0.15, 0.2) is 42.5 Å². The van der Waals surface area contributed by atoms with Crippen LogP contribution < -0.4 is 14.8 Å². The van der Waals surface area contributed by atoms with E-state index in [-0.39, 0.29) is 18.2 Å². The molecule has 28 heavy (non-hydrogen) atoms. The van der Waals surface area contributed by atoms with E-state index in [0.717, 1.165) is 29.5 Å². The highest BCUT2D eigenvalue weighted by Gasteiger charge is 2.24. The minimum atomic E-state index is -0.237. The van der Waals surface area contributed by atoms with Gasteiger partial charge in [-0.2, -0.15) is 0 Å². The molecule has 0 saturated heterocycles. The second-order valence-corrected chi connectivity index (χ2v) is 6.80. The van der Waals surface area contributed by atoms with Gasteiger partial charge < -0.3 is 19.7 Å². The third-order valence-electron chi connectivity index (χ3n) is 4.96. The van der Waals surface area contributed by atoms with Crippen LogP contribution in [0.3, 0.4) is 0 Å². The van der Waals surface area contributed by atoms with Gasteiger partial charge in [-0.3, -0.25) is 9.59 Å². The van der Waals surface area contributed by atoms with Gasteiger partial charge in [0.1, 0.15) is 6.42 Å². The van der Waals surface area contributed by atoms with Crippen LogP contribution in [0.1, 0.15) is 23.1 Å². The maximum atomic E-state index is 12.5. The average molecular weight is 382 g/mol. The summed E-state index contributed by atoms with van der Waals surface area (Å²) in [6, 6.07) is 13.8. The molecule has 6 heteroatoms. The lowest BCUT2D eigenvalue weighted by molar-refractivity contribution is -0.136. The van der Waals surface area contributed by atoms with E-state index in [9.17, 15) is 9.59 Å². The van der Waals surface area contributed by atoms with Gasteiger partial charge in [-0.15, -0.1) is 0 Å². The summed E-state index contributed by atoms with van der Waals surface area (Å²) >= 11 is 0. The van der Waals surface area contributed by atoms with E-state index >= 15 is 0 Å². The molecule has 0 bridgehead atoms. The topological polar surface area (TPSA) is 67.9 Å². The fourth-order valence-corrected chi connectivity index (χ4v) is 3.40. The molecule has 0 atom stereocenters. The number of nitrogens with zero attached hydrogens (tertiary/aromatic N) is 1. The Bertz CT molecular complexity index is 836. The molecule has 0 saturated carbocycles. The van der Waals surface area contributed by atoms with Gasteiger partial charge in [0.25, 0.3) is 0 Å². The van der Waals surface area contributed by atoms with Gasteiger partial charge in [-0.25, -0.2) is 0 Å². The van der Waals surface area contributed by atoms with E-state index in [0.29, 0.717) is 31.1 Å². The van der Waals surface area contributed by atoms with Crippen molar-refractivity contribution in [1.29, 1.82) is 0 Å². The Labute approximate surface area is 165 Å². The van der Waals surface area contributed by atoms with Gasteiger partial charge in [0.2, 0.25) is 11.8 Å². The van der Waals surface area contributed by atoms with E-state index in [2.05, 4.69) is 5.32 Å². The number of rotatable bonds is 7. The third kappa shape index (κ3) is 4.82. The summed E-state index contributed by atoms with van der Waals surface area (Å²) in [7, 11) is 3.20. The zero-order valence-electron chi connectivity index (χ0n) is 16.4. The molecule has 2 aromatic carbocycles. The van der Waals surface area contributed by atoms with Crippen LogP contribution >= 0.6 is 0 Å². The van der Waals surface area contributed by atoms with Gasteiger partial charge in [-0.1, -0.05) is 30.3 Å². The van der Waals surface area contributed by atoms with Crippen LogP contribution in [0.4, 0.5) is 0 Å². The van der Waals surface area contributed by atoms with Gasteiger partial charge in [0.15, 0.2) is 11.5 Å². The van der Waals surface area contributed by atoms with E-state index < -0.39 is 0 Å². The molecule has 0 unspecified atom stereocenters. The summed E-state index contributed by atoms with van der Waals surface area (Å²) in [5.41, 5.74) is 3.34. The standard InChI is InChI=1S/C22H26N2O4/c1-27-19-12-17-9-11-24(15-18(17)13-20(19)28-2)22(26)14-21(25)23-10-8-16-6-4-3-5-7-16/h3-7,12-13H,8-11,14-15H2,1-2H3,(H,23,25). The molecule has 148 valence electrons. The minimum Gasteiger partial charge on any atom is -0.493 e. The van der Waals surface area contributed by atoms with Crippen molar-refractivity contribution in [3.63, 3.8) is 0 Å². The fourth-order valence-electron chi connectivity index (χ4n) is 3.40. The summed E-state index contributed by atoms with van der Waals surface area (Å²) in [5, 5.41) is 2.83. The van der Waals surface area contributed by atoms with Crippen LogP contribution in [0.5, 0.6) is 11.5 Å². The highest BCUT2D eigenvalue weighted by atomic mass is 16.5. The Morgan fingerprint density at radius 3 is 2.39 bits per heavy atom. The molecule has 6 nitrogen and oxygen atoms in total. The zero-order valence-corrected chi connectivity index (χ0v) is 16.4. The first-order valence-electron chi connectivity index (χ1n) is 9.43. The Kier molecular flexibility index (Phi) is 6.53. The van der Waals surface area contributed by atoms with Crippen molar-refractivity contribution in [3.8, 4) is 11.5 Å². The molecule has 2 aromatic rings. The normalized spacial score (nSPS) is 12.9. The maximum Gasteiger partial charge on any atom is 0.232 e. The number of hydrogen-bond donors (Lipinski definition) is 1. The van der Waals surface area contributed by atoms with Crippen LogP contribution in [0.25, 0.3) is 0 Å². The number of hydrogen-bond acceptors (Lipinski definition) is 4. The molecule has 0 radical (unpaired) electrons. The Balaban J connectivity index is 1.52. The predicted molar refractivity (Wildman–Crippen MR) is 106 cm³/mol. The zero-order chi connectivity index (χ0) is 19.9. The first-order valence-corrected chi connectivity index (χ1v) is 9.43. The minimum absolute atomic E-state index is 0.128. The van der Waals surface area contributed by atoms with Crippen LogP contribution in [0.2, 0.25) is 0 Å². The number of benzene rings is 2. The van der Waals surface area contributed by atoms with Crippen molar-refractivity contribution in [3.05, 3.63) is 59.2 Å². The molecular weight excluding hydrogens is 356 g/mol. The largest absolute Gasteiger partial charge is 0.493 e. The first-order chi connectivity index (χ1) is 13.6. The number of methoxy groups -OCH3 is 2. The van der Waals surface area contributed by atoms with Crippen molar-refractivity contribution < 1.29 is 19.1 Å². The summed E-state index contributed by atoms with van der Waals surface area (Å²) in [5.74, 6) is 0.949. The number of fused-ring (bicyclic) bond motifs is 1. The molecule has 3 rings (SSSR count). The number of nitrogens with one attached hydrogen (secondary N) is 1. The second kappa shape index (κ2) is 9.26. The molecule has 2 amide bonds. The molecule has 1 N–H and O–H groups in total. The van der Waals surface area contributed by atoms with Crippen LogP contribution in [0, 0.1) is 0 Å². The highest BCUT2D eigenvalue weighted by Crippen LogP contribution is 2.33. The van der Waals surface area contributed by atoms with Gasteiger partial charge >= 0.3 is 0 Å². The molecule has 1 aliphatic rings. The van der Waals surface area contributed by atoms with Crippen molar-refractivity contribution in [2.75, 3.05) is 27.3 Å². The smallest absolute Gasteiger partial charge is 0.232 e. The monoisotopic (exact) mass is 382 g/mol. The number of amides is 2. The number of carbonyl (C=O) groups excluding carboxylic acids is 2. The van der Waals surface area contributed by atoms with Gasteiger partial charge in [0.05, 0.1) is 14.2 Å². The second-order valence-electron chi connectivity index (χ2n) is 6.80. The van der Waals surface area contributed by atoms with Crippen LogP contribution in [-0.4, -0.2) is 44.0 Å². The van der Waals surface area contributed by atoms with E-state index in [1.807, 2.05) is 42.5 Å². The molecule has 0 aliphatic carbocycles. The molecule has 1 aliphatic heterocycles. The molecule has 0 spiro atoms. The van der Waals surface area contributed by atoms with E-state index in [1.165, 1.54) is 0 Å². The lowest BCUT2D eigenvalue weighted by Crippen LogP contribution is -2.39. The fraction of sp³-hybridized carbons (Fsp3) is 0.364. The van der Waals surface area contributed by atoms with Gasteiger partial charge in [-0.05, 0) is 41.7 Å². The van der Waals surface area contributed by atoms with Crippen LogP contribution in [-0.2, 0) is 29.0 Å². The summed E-state index contributed by atoms with van der Waals surface area (Å²) in [6.07, 6.45) is 1.36. The quantitative estimate of drug-likeness (QED) is 0.747. The van der Waals surface area contributed by atoms with Crippen molar-refractivity contribution in [2.24, 2.45) is 0 Å². The lowest BCUT2D eigenvalue weighted by atomic mass is 9.98. The number of ether oxygens (including phenoxy) is 2. The molecule has 0 fully saturated rings. The Morgan fingerprint density at radius 2 is 1.71 bits per heavy atom. The SMILES string of the molecule is COc1cc2c(cc1OC)CN(C(=O)CC(=O)NCCc1ccccc1)CC2. The lowest BCUT2D eigenvalue weighted by Gasteiger charge is -2.29. The highest BCUT2D eigenvalue weighted by molar-refractivity contribution is 5.97. The molecular formula is C22H26N2O4. The van der Waals surface area contributed by atoms with E-state index in [4.69, 9.17) is 9.47 Å². The summed E-state index contributed by atoms with van der Waals surface area (Å²) in [6.45, 7) is 1.60. The van der Waals surface area contributed by atoms with Crippen molar-refractivity contribution in [2.45, 2.75) is 25.8 Å². The van der Waals surface area contributed by atoms with Crippen molar-refractivity contribution in [1.82, 2.24) is 10.2 Å². The number of carbonyl (C=O) groups is 2. The Morgan fingerprint density at radius 1 is 1.04 bits per heavy atom. The van der Waals surface area contributed by atoms with E-state index in [1.54, 1.807) is 19.1 Å². The Hall–Kier alpha value is -3.02. The third-order valence-corrected chi connectivity index (χ3v) is 4.96. The first kappa shape index (κ1) is 19.7. The van der Waals surface area contributed by atoms with Gasteiger partial charge in [0, 0.05) is 19.6 Å². The predicted octanol–water partition coefficient (Wildman–Crippen LogP) is 2.34. The molecule has 1 heterocycles.